The third-order valence-corrected chi connectivity index (χ3v) is 1.89. The van der Waals surface area contributed by atoms with Crippen LogP contribution in [0.15, 0.2) is 18.2 Å². The van der Waals surface area contributed by atoms with Gasteiger partial charge in [-0.25, -0.2) is 9.59 Å². The Bertz CT molecular complexity index is 471. The molecule has 0 fully saturated rings. The number of hydrogen-bond acceptors (Lipinski definition) is 3. The van der Waals surface area contributed by atoms with Crippen molar-refractivity contribution in [3.63, 3.8) is 0 Å². The highest BCUT2D eigenvalue weighted by atomic mass is 35.5. The van der Waals surface area contributed by atoms with Gasteiger partial charge in [0.25, 0.3) is 0 Å². The van der Waals surface area contributed by atoms with Gasteiger partial charge in [0.1, 0.15) is 0 Å². The van der Waals surface area contributed by atoms with E-state index in [1.54, 1.807) is 0 Å². The van der Waals surface area contributed by atoms with Crippen LogP contribution in [0, 0.1) is 0 Å². The summed E-state index contributed by atoms with van der Waals surface area (Å²) in [5.41, 5.74) is -0.397. The predicted molar refractivity (Wildman–Crippen MR) is 54.7 cm³/mol. The molecule has 0 unspecified atom stereocenters. The molecule has 0 radical (unpaired) electrons. The molecule has 0 saturated heterocycles. The maximum Gasteiger partial charge on any atom is 0.394 e. The van der Waals surface area contributed by atoms with Crippen molar-refractivity contribution in [3.8, 4) is 0 Å². The predicted octanol–water partition coefficient (Wildman–Crippen LogP) is 1.06. The fourth-order valence-electron chi connectivity index (χ4n) is 0.978. The molecular formula is C9H6ClNO5. The van der Waals surface area contributed by atoms with E-state index >= 15 is 0 Å². The summed E-state index contributed by atoms with van der Waals surface area (Å²) in [5.74, 6) is -4.33. The van der Waals surface area contributed by atoms with Crippen LogP contribution in [0.5, 0.6) is 0 Å². The van der Waals surface area contributed by atoms with Gasteiger partial charge >= 0.3 is 17.8 Å². The molecule has 0 aliphatic carbocycles. The third kappa shape index (κ3) is 2.71. The number of aliphatic carboxylic acids is 1. The number of carbonyl (C=O) groups is 3. The summed E-state index contributed by atoms with van der Waals surface area (Å²) in [5, 5.41) is 19.2. The summed E-state index contributed by atoms with van der Waals surface area (Å²) >= 11 is 5.57. The van der Waals surface area contributed by atoms with Crippen molar-refractivity contribution in [1.29, 1.82) is 0 Å². The van der Waals surface area contributed by atoms with Crippen LogP contribution in [0.2, 0.25) is 5.02 Å². The number of benzene rings is 1. The van der Waals surface area contributed by atoms with Crippen molar-refractivity contribution in [2.45, 2.75) is 0 Å². The van der Waals surface area contributed by atoms with Crippen molar-refractivity contribution in [1.82, 2.24) is 0 Å². The Labute approximate surface area is 94.5 Å². The molecule has 0 saturated carbocycles. The van der Waals surface area contributed by atoms with Gasteiger partial charge in [-0.15, -0.1) is 0 Å². The highest BCUT2D eigenvalue weighted by Gasteiger charge is 2.16. The van der Waals surface area contributed by atoms with Gasteiger partial charge in [-0.3, -0.25) is 4.79 Å². The molecule has 0 atom stereocenters. The average Bonchev–Trinajstić information content (AvgIpc) is 2.20. The van der Waals surface area contributed by atoms with Crippen LogP contribution in [0.25, 0.3) is 0 Å². The van der Waals surface area contributed by atoms with Crippen LogP contribution < -0.4 is 5.32 Å². The van der Waals surface area contributed by atoms with Gasteiger partial charge in [-0.2, -0.15) is 0 Å². The fraction of sp³-hybridized carbons (Fsp3) is 0. The standard InChI is InChI=1S/C9H6ClNO5/c10-4-1-2-6(5(3-4)8(13)14)11-7(12)9(15)16/h1-3H,(H,11,12)(H,13,14)(H,15,16). The molecule has 0 spiro atoms. The van der Waals surface area contributed by atoms with Crippen molar-refractivity contribution in [2.24, 2.45) is 0 Å². The van der Waals surface area contributed by atoms with Gasteiger partial charge in [-0.1, -0.05) is 11.6 Å². The molecule has 1 amide bonds. The smallest absolute Gasteiger partial charge is 0.394 e. The lowest BCUT2D eigenvalue weighted by molar-refractivity contribution is -0.147. The number of carboxylic acid groups (broad SMARTS) is 2. The normalized spacial score (nSPS) is 9.56. The third-order valence-electron chi connectivity index (χ3n) is 1.65. The molecule has 6 nitrogen and oxygen atoms in total. The van der Waals surface area contributed by atoms with Gasteiger partial charge in [-0.05, 0) is 18.2 Å². The van der Waals surface area contributed by atoms with E-state index in [9.17, 15) is 14.4 Å². The molecule has 1 aromatic rings. The number of aromatic carboxylic acids is 1. The monoisotopic (exact) mass is 243 g/mol. The summed E-state index contributed by atoms with van der Waals surface area (Å²) in [7, 11) is 0. The van der Waals surface area contributed by atoms with Crippen molar-refractivity contribution in [2.75, 3.05) is 5.32 Å². The highest BCUT2D eigenvalue weighted by molar-refractivity contribution is 6.37. The molecule has 3 N–H and O–H groups in total. The van der Waals surface area contributed by atoms with E-state index < -0.39 is 17.8 Å². The van der Waals surface area contributed by atoms with Crippen LogP contribution in [0.3, 0.4) is 0 Å². The first-order valence-corrected chi connectivity index (χ1v) is 4.36. The van der Waals surface area contributed by atoms with E-state index in [-0.39, 0.29) is 16.3 Å². The highest BCUT2D eigenvalue weighted by Crippen LogP contribution is 2.20. The van der Waals surface area contributed by atoms with Crippen LogP contribution in [0.1, 0.15) is 10.4 Å². The Hall–Kier alpha value is -2.08. The van der Waals surface area contributed by atoms with Gasteiger partial charge < -0.3 is 15.5 Å². The molecule has 1 rings (SSSR count). The molecule has 0 aromatic heterocycles. The van der Waals surface area contributed by atoms with Gasteiger partial charge in [0, 0.05) is 5.02 Å². The number of rotatable bonds is 2. The first kappa shape index (κ1) is 12.0. The summed E-state index contributed by atoms with van der Waals surface area (Å²) in [6, 6.07) is 3.67. The molecule has 7 heteroatoms. The molecular weight excluding hydrogens is 238 g/mol. The molecule has 1 aromatic carbocycles. The Balaban J connectivity index is 3.09. The van der Waals surface area contributed by atoms with E-state index in [4.69, 9.17) is 21.8 Å². The lowest BCUT2D eigenvalue weighted by atomic mass is 10.2. The van der Waals surface area contributed by atoms with E-state index in [0.717, 1.165) is 6.07 Å². The van der Waals surface area contributed by atoms with Crippen molar-refractivity contribution >= 4 is 35.1 Å². The zero-order valence-electron chi connectivity index (χ0n) is 7.73. The molecule has 0 heterocycles. The zero-order chi connectivity index (χ0) is 12.3. The number of hydrogen-bond donors (Lipinski definition) is 3. The van der Waals surface area contributed by atoms with Crippen LogP contribution >= 0.6 is 11.6 Å². The number of carbonyl (C=O) groups excluding carboxylic acids is 1. The minimum Gasteiger partial charge on any atom is -0.478 e. The quantitative estimate of drug-likeness (QED) is 0.674. The molecule has 0 bridgehead atoms. The Morgan fingerprint density at radius 1 is 1.19 bits per heavy atom. The lowest BCUT2D eigenvalue weighted by Crippen LogP contribution is -2.23. The number of anilines is 1. The molecule has 0 aliphatic rings. The van der Waals surface area contributed by atoms with E-state index in [1.165, 1.54) is 12.1 Å². The van der Waals surface area contributed by atoms with Gasteiger partial charge in [0.05, 0.1) is 11.3 Å². The first-order valence-electron chi connectivity index (χ1n) is 3.99. The summed E-state index contributed by atoms with van der Waals surface area (Å²) in [6.07, 6.45) is 0. The van der Waals surface area contributed by atoms with Crippen LogP contribution in [0.4, 0.5) is 5.69 Å². The first-order chi connectivity index (χ1) is 7.41. The van der Waals surface area contributed by atoms with Crippen molar-refractivity contribution in [3.05, 3.63) is 28.8 Å². The zero-order valence-corrected chi connectivity index (χ0v) is 8.49. The second-order valence-corrected chi connectivity index (χ2v) is 3.19. The summed E-state index contributed by atoms with van der Waals surface area (Å²) in [6.45, 7) is 0. The second-order valence-electron chi connectivity index (χ2n) is 2.75. The molecule has 84 valence electrons. The average molecular weight is 244 g/mol. The van der Waals surface area contributed by atoms with Gasteiger partial charge in [0.2, 0.25) is 0 Å². The minimum atomic E-state index is -1.70. The fourth-order valence-corrected chi connectivity index (χ4v) is 1.15. The Morgan fingerprint density at radius 2 is 1.81 bits per heavy atom. The Kier molecular flexibility index (Phi) is 3.47. The molecule has 0 aliphatic heterocycles. The van der Waals surface area contributed by atoms with Crippen molar-refractivity contribution < 1.29 is 24.6 Å². The Morgan fingerprint density at radius 3 is 2.31 bits per heavy atom. The summed E-state index contributed by atoms with van der Waals surface area (Å²) in [4.78, 5) is 31.9. The van der Waals surface area contributed by atoms with Crippen LogP contribution in [-0.2, 0) is 9.59 Å². The van der Waals surface area contributed by atoms with Crippen LogP contribution in [-0.4, -0.2) is 28.1 Å². The topological polar surface area (TPSA) is 104 Å². The number of amides is 1. The van der Waals surface area contributed by atoms with E-state index in [1.807, 2.05) is 5.32 Å². The largest absolute Gasteiger partial charge is 0.478 e. The number of carboxylic acids is 2. The lowest BCUT2D eigenvalue weighted by Gasteiger charge is -2.06. The molecule has 16 heavy (non-hydrogen) atoms. The number of nitrogens with one attached hydrogen (secondary N) is 1. The van der Waals surface area contributed by atoms with E-state index in [0.29, 0.717) is 0 Å². The second kappa shape index (κ2) is 4.63. The SMILES string of the molecule is O=C(O)C(=O)Nc1ccc(Cl)cc1C(=O)O. The van der Waals surface area contributed by atoms with E-state index in [2.05, 4.69) is 0 Å². The maximum atomic E-state index is 10.8. The number of halogens is 1. The summed E-state index contributed by atoms with van der Waals surface area (Å²) < 4.78 is 0. The maximum absolute atomic E-state index is 10.8. The van der Waals surface area contributed by atoms with Gasteiger partial charge in [0.15, 0.2) is 0 Å². The minimum absolute atomic E-state index is 0.121.